The summed E-state index contributed by atoms with van der Waals surface area (Å²) in [6.45, 7) is 0. The third kappa shape index (κ3) is 3.12. The molecule has 1 aliphatic carbocycles. The number of nitrogens with zero attached hydrogens (tertiary/aromatic N) is 2. The minimum atomic E-state index is -0.657. The first-order valence-corrected chi connectivity index (χ1v) is 8.58. The van der Waals surface area contributed by atoms with E-state index in [4.69, 9.17) is 14.0 Å². The van der Waals surface area contributed by atoms with Gasteiger partial charge in [-0.25, -0.2) is 4.98 Å². The quantitative estimate of drug-likeness (QED) is 0.720. The summed E-state index contributed by atoms with van der Waals surface area (Å²) >= 11 is 0. The van der Waals surface area contributed by atoms with Gasteiger partial charge in [0, 0.05) is 17.8 Å². The van der Waals surface area contributed by atoms with Crippen LogP contribution in [0.25, 0.3) is 11.3 Å². The molecule has 1 fully saturated rings. The predicted octanol–water partition coefficient (Wildman–Crippen LogP) is 3.42. The summed E-state index contributed by atoms with van der Waals surface area (Å²) in [5, 5.41) is 7.02. The minimum absolute atomic E-state index is 0.117. The highest BCUT2D eigenvalue weighted by atomic mass is 16.5. The van der Waals surface area contributed by atoms with E-state index in [9.17, 15) is 4.79 Å². The van der Waals surface area contributed by atoms with Crippen LogP contribution in [0.5, 0.6) is 11.5 Å². The minimum Gasteiger partial charge on any atom is -0.493 e. The molecule has 1 N–H and O–H groups in total. The van der Waals surface area contributed by atoms with Gasteiger partial charge in [0.15, 0.2) is 17.3 Å². The zero-order valence-corrected chi connectivity index (χ0v) is 15.1. The van der Waals surface area contributed by atoms with E-state index in [0.717, 1.165) is 18.4 Å². The molecule has 2 heterocycles. The van der Waals surface area contributed by atoms with Crippen LogP contribution in [0.2, 0.25) is 0 Å². The van der Waals surface area contributed by atoms with Crippen LogP contribution in [0.3, 0.4) is 0 Å². The summed E-state index contributed by atoms with van der Waals surface area (Å²) in [6, 6.07) is 12.7. The lowest BCUT2D eigenvalue weighted by Gasteiger charge is -2.11. The lowest BCUT2D eigenvalue weighted by molar-refractivity contribution is -0.118. The zero-order valence-electron chi connectivity index (χ0n) is 15.1. The highest BCUT2D eigenvalue weighted by Gasteiger charge is 2.54. The van der Waals surface area contributed by atoms with Crippen molar-refractivity contribution in [3.63, 3.8) is 0 Å². The molecule has 138 valence electrons. The second kappa shape index (κ2) is 6.75. The number of anilines is 1. The Balaban J connectivity index is 1.58. The summed E-state index contributed by atoms with van der Waals surface area (Å²) in [5.41, 5.74) is 0.767. The van der Waals surface area contributed by atoms with Crippen molar-refractivity contribution >= 4 is 11.7 Å². The second-order valence-corrected chi connectivity index (χ2v) is 6.40. The summed E-state index contributed by atoms with van der Waals surface area (Å²) in [6.07, 6.45) is 3.09. The smallest absolute Gasteiger partial charge is 0.237 e. The first kappa shape index (κ1) is 17.1. The lowest BCUT2D eigenvalue weighted by Crippen LogP contribution is -2.28. The normalized spacial score (nSPS) is 14.4. The van der Waals surface area contributed by atoms with E-state index in [1.165, 1.54) is 0 Å². The average molecular weight is 365 g/mol. The first-order chi connectivity index (χ1) is 13.2. The standard InChI is InChI=1S/C20H19N3O4/c1-25-14-7-6-13(11-16(14)26-2)15-12-17(23-27-15)20(8-9-20)19(24)22-18-5-3-4-10-21-18/h3-7,10-12H,8-9H2,1-2H3,(H,21,22,24). The fourth-order valence-electron chi connectivity index (χ4n) is 3.02. The summed E-state index contributed by atoms with van der Waals surface area (Å²) in [5.74, 6) is 2.21. The van der Waals surface area contributed by atoms with Gasteiger partial charge in [-0.15, -0.1) is 0 Å². The van der Waals surface area contributed by atoms with Crippen molar-refractivity contribution in [3.8, 4) is 22.8 Å². The number of pyridine rings is 1. The van der Waals surface area contributed by atoms with Gasteiger partial charge >= 0.3 is 0 Å². The van der Waals surface area contributed by atoms with Crippen molar-refractivity contribution in [1.82, 2.24) is 10.1 Å². The third-order valence-corrected chi connectivity index (χ3v) is 4.76. The zero-order chi connectivity index (χ0) is 18.9. The molecular formula is C20H19N3O4. The molecule has 27 heavy (non-hydrogen) atoms. The molecule has 0 radical (unpaired) electrons. The summed E-state index contributed by atoms with van der Waals surface area (Å²) < 4.78 is 16.1. The number of amides is 1. The summed E-state index contributed by atoms with van der Waals surface area (Å²) in [4.78, 5) is 16.9. The van der Waals surface area contributed by atoms with Crippen molar-refractivity contribution in [2.75, 3.05) is 19.5 Å². The van der Waals surface area contributed by atoms with Gasteiger partial charge in [-0.2, -0.15) is 0 Å². The van der Waals surface area contributed by atoms with Gasteiger partial charge in [0.25, 0.3) is 0 Å². The van der Waals surface area contributed by atoms with Gasteiger partial charge in [-0.3, -0.25) is 4.79 Å². The van der Waals surface area contributed by atoms with E-state index in [1.807, 2.05) is 24.3 Å². The third-order valence-electron chi connectivity index (χ3n) is 4.76. The molecule has 1 amide bonds. The van der Waals surface area contributed by atoms with Crippen LogP contribution in [-0.2, 0) is 10.2 Å². The predicted molar refractivity (Wildman–Crippen MR) is 98.8 cm³/mol. The van der Waals surface area contributed by atoms with Crippen molar-refractivity contribution < 1.29 is 18.8 Å². The Labute approximate surface area is 156 Å². The van der Waals surface area contributed by atoms with Crippen LogP contribution < -0.4 is 14.8 Å². The molecule has 2 aromatic heterocycles. The maximum Gasteiger partial charge on any atom is 0.237 e. The molecular weight excluding hydrogens is 346 g/mol. The molecule has 0 unspecified atom stereocenters. The first-order valence-electron chi connectivity index (χ1n) is 8.58. The van der Waals surface area contributed by atoms with E-state index in [2.05, 4.69) is 15.5 Å². The van der Waals surface area contributed by atoms with Gasteiger partial charge in [-0.1, -0.05) is 11.2 Å². The molecule has 0 spiro atoms. The SMILES string of the molecule is COc1ccc(-c2cc(C3(C(=O)Nc4ccccn4)CC3)no2)cc1OC. The number of aromatic nitrogens is 2. The van der Waals surface area contributed by atoms with Gasteiger partial charge in [0.2, 0.25) is 5.91 Å². The maximum atomic E-state index is 12.8. The van der Waals surface area contributed by atoms with Crippen LogP contribution in [0.1, 0.15) is 18.5 Å². The fraction of sp³-hybridized carbons (Fsp3) is 0.250. The molecule has 1 saturated carbocycles. The van der Waals surface area contributed by atoms with Crippen LogP contribution in [0, 0.1) is 0 Å². The number of nitrogens with one attached hydrogen (secondary N) is 1. The summed E-state index contributed by atoms with van der Waals surface area (Å²) in [7, 11) is 3.16. The Hall–Kier alpha value is -3.35. The molecule has 0 bridgehead atoms. The van der Waals surface area contributed by atoms with Crippen molar-refractivity contribution in [2.24, 2.45) is 0 Å². The van der Waals surface area contributed by atoms with E-state index in [0.29, 0.717) is 28.8 Å². The lowest BCUT2D eigenvalue weighted by atomic mass is 10.00. The molecule has 0 saturated heterocycles. The average Bonchev–Trinajstić information content (AvgIpc) is 3.38. The van der Waals surface area contributed by atoms with Crippen LogP contribution >= 0.6 is 0 Å². The highest BCUT2D eigenvalue weighted by molar-refractivity contribution is 6.00. The molecule has 3 aromatic rings. The topological polar surface area (TPSA) is 86.5 Å². The van der Waals surface area contributed by atoms with Gasteiger partial charge in [-0.05, 0) is 43.2 Å². The molecule has 1 aromatic carbocycles. The number of methoxy groups -OCH3 is 2. The second-order valence-electron chi connectivity index (χ2n) is 6.40. The monoisotopic (exact) mass is 365 g/mol. The Kier molecular flexibility index (Phi) is 4.27. The van der Waals surface area contributed by atoms with Crippen molar-refractivity contribution in [1.29, 1.82) is 0 Å². The molecule has 4 rings (SSSR count). The van der Waals surface area contributed by atoms with Crippen molar-refractivity contribution in [3.05, 3.63) is 54.4 Å². The number of carbonyl (C=O) groups excluding carboxylic acids is 1. The van der Waals surface area contributed by atoms with E-state index in [-0.39, 0.29) is 5.91 Å². The van der Waals surface area contributed by atoms with Gasteiger partial charge in [0.1, 0.15) is 5.82 Å². The van der Waals surface area contributed by atoms with E-state index in [1.54, 1.807) is 38.6 Å². The Morgan fingerprint density at radius 2 is 1.93 bits per heavy atom. The fourth-order valence-corrected chi connectivity index (χ4v) is 3.02. The maximum absolute atomic E-state index is 12.8. The van der Waals surface area contributed by atoms with E-state index >= 15 is 0 Å². The van der Waals surface area contributed by atoms with E-state index < -0.39 is 5.41 Å². The van der Waals surface area contributed by atoms with Crippen LogP contribution in [-0.4, -0.2) is 30.3 Å². The molecule has 7 heteroatoms. The molecule has 0 atom stereocenters. The Morgan fingerprint density at radius 1 is 1.11 bits per heavy atom. The molecule has 7 nitrogen and oxygen atoms in total. The Morgan fingerprint density at radius 3 is 2.59 bits per heavy atom. The number of ether oxygens (including phenoxy) is 2. The molecule has 0 aliphatic heterocycles. The van der Waals surface area contributed by atoms with Crippen molar-refractivity contribution in [2.45, 2.75) is 18.3 Å². The largest absolute Gasteiger partial charge is 0.493 e. The molecule has 1 aliphatic rings. The van der Waals surface area contributed by atoms with Gasteiger partial charge in [0.05, 0.1) is 25.3 Å². The Bertz CT molecular complexity index is 964. The number of hydrogen-bond donors (Lipinski definition) is 1. The number of rotatable bonds is 6. The highest BCUT2D eigenvalue weighted by Crippen LogP contribution is 2.49. The number of hydrogen-bond acceptors (Lipinski definition) is 6. The number of benzene rings is 1. The van der Waals surface area contributed by atoms with Crippen LogP contribution in [0.15, 0.2) is 53.2 Å². The number of carbonyl (C=O) groups is 1. The van der Waals surface area contributed by atoms with Gasteiger partial charge < -0.3 is 19.3 Å². The van der Waals surface area contributed by atoms with Crippen LogP contribution in [0.4, 0.5) is 5.82 Å².